The van der Waals surface area contributed by atoms with Crippen LogP contribution in [0.15, 0.2) is 102 Å². The van der Waals surface area contributed by atoms with Crippen LogP contribution in [0.25, 0.3) is 0 Å². The fourth-order valence-corrected chi connectivity index (χ4v) is 3.25. The molecule has 1 aromatic heterocycles. The van der Waals surface area contributed by atoms with Crippen LogP contribution in [0.5, 0.6) is 5.75 Å². The maximum absolute atomic E-state index is 5.22. The number of allylic oxidation sites excluding steroid dienone is 2. The smallest absolute Gasteiger partial charge is 0.140 e. The lowest BCUT2D eigenvalue weighted by molar-refractivity contribution is 0.262. The molecule has 0 bridgehead atoms. The molecule has 0 amide bonds. The van der Waals surface area contributed by atoms with E-state index < -0.39 is 0 Å². The maximum atomic E-state index is 5.22. The van der Waals surface area contributed by atoms with Crippen molar-refractivity contribution in [2.24, 2.45) is 4.99 Å². The summed E-state index contributed by atoms with van der Waals surface area (Å²) in [6.45, 7) is 8.92. The van der Waals surface area contributed by atoms with E-state index in [1.807, 2.05) is 66.8 Å². The van der Waals surface area contributed by atoms with Crippen molar-refractivity contribution in [1.29, 1.82) is 0 Å². The molecular weight excluding hydrogens is 384 g/mol. The van der Waals surface area contributed by atoms with Gasteiger partial charge in [0, 0.05) is 12.4 Å². The van der Waals surface area contributed by atoms with Crippen molar-refractivity contribution in [3.05, 3.63) is 114 Å². The summed E-state index contributed by atoms with van der Waals surface area (Å²) in [5, 5.41) is 2.05. The van der Waals surface area contributed by atoms with Gasteiger partial charge in [-0.1, -0.05) is 43.0 Å². The Morgan fingerprint density at radius 1 is 1.13 bits per heavy atom. The highest BCUT2D eigenvalue weighted by molar-refractivity contribution is 5.94. The lowest BCUT2D eigenvalue weighted by Gasteiger charge is -2.35. The Bertz CT molecular complexity index is 1030. The summed E-state index contributed by atoms with van der Waals surface area (Å²) in [4.78, 5) is 7.88. The van der Waals surface area contributed by atoms with Gasteiger partial charge in [-0.25, -0.2) is 0 Å². The van der Waals surface area contributed by atoms with E-state index in [0.717, 1.165) is 34.0 Å². The molecule has 0 aliphatic carbocycles. The predicted octanol–water partition coefficient (Wildman–Crippen LogP) is 5.56. The van der Waals surface area contributed by atoms with Gasteiger partial charge in [-0.05, 0) is 67.0 Å². The van der Waals surface area contributed by atoms with Crippen molar-refractivity contribution in [2.45, 2.75) is 26.4 Å². The van der Waals surface area contributed by atoms with Crippen LogP contribution in [0.1, 0.15) is 29.7 Å². The van der Waals surface area contributed by atoms with Gasteiger partial charge in [0.1, 0.15) is 11.6 Å². The highest BCUT2D eigenvalue weighted by atomic mass is 16.5. The highest BCUT2D eigenvalue weighted by Crippen LogP contribution is 2.26. The van der Waals surface area contributed by atoms with E-state index in [9.17, 15) is 0 Å². The molecule has 160 valence electrons. The summed E-state index contributed by atoms with van der Waals surface area (Å²) in [5.41, 5.74) is 7.72. The topological polar surface area (TPSA) is 52.6 Å². The Balaban J connectivity index is 1.87. The zero-order valence-corrected chi connectivity index (χ0v) is 18.4. The molecule has 2 aromatic rings. The monoisotopic (exact) mass is 414 g/mol. The number of aromatic amines is 1. The minimum Gasteiger partial charge on any atom is -0.497 e. The lowest BCUT2D eigenvalue weighted by Crippen LogP contribution is -2.44. The number of hydrazine groups is 1. The molecule has 0 fully saturated rings. The zero-order valence-electron chi connectivity index (χ0n) is 18.4. The Kier molecular flexibility index (Phi) is 7.71. The molecule has 0 saturated carbocycles. The second kappa shape index (κ2) is 10.9. The number of nitrogens with one attached hydrogen (secondary N) is 2. The second-order valence-corrected chi connectivity index (χ2v) is 7.24. The van der Waals surface area contributed by atoms with Crippen LogP contribution in [-0.4, -0.2) is 22.9 Å². The van der Waals surface area contributed by atoms with Gasteiger partial charge in [-0.15, -0.1) is 0 Å². The third kappa shape index (κ3) is 6.12. The van der Waals surface area contributed by atoms with Crippen LogP contribution in [-0.2, 0) is 6.54 Å². The largest absolute Gasteiger partial charge is 0.497 e. The maximum Gasteiger partial charge on any atom is 0.140 e. The van der Waals surface area contributed by atoms with E-state index >= 15 is 0 Å². The fourth-order valence-electron chi connectivity index (χ4n) is 3.25. The average Bonchev–Trinajstić information content (AvgIpc) is 2.89. The predicted molar refractivity (Wildman–Crippen MR) is 128 cm³/mol. The molecule has 5 heteroatoms. The third-order valence-corrected chi connectivity index (χ3v) is 4.88. The van der Waals surface area contributed by atoms with Crippen LogP contribution in [0.4, 0.5) is 0 Å². The minimum atomic E-state index is -0.0419. The molecule has 1 aromatic carbocycles. The minimum absolute atomic E-state index is 0.0419. The Morgan fingerprint density at radius 3 is 2.68 bits per heavy atom. The number of benzene rings is 1. The van der Waals surface area contributed by atoms with Gasteiger partial charge in [0.2, 0.25) is 0 Å². The number of hydrogen-bond acceptors (Lipinski definition) is 3. The second-order valence-electron chi connectivity index (χ2n) is 7.24. The Morgan fingerprint density at radius 2 is 1.94 bits per heavy atom. The number of ether oxygens (including phenoxy) is 1. The molecule has 5 nitrogen and oxygen atoms in total. The molecule has 3 rings (SSSR count). The molecule has 0 saturated heterocycles. The molecule has 0 radical (unpaired) electrons. The number of H-pyrrole nitrogens is 1. The van der Waals surface area contributed by atoms with Crippen LogP contribution in [0.2, 0.25) is 0 Å². The van der Waals surface area contributed by atoms with Crippen molar-refractivity contribution < 1.29 is 4.74 Å². The van der Waals surface area contributed by atoms with Crippen LogP contribution in [0, 0.1) is 6.92 Å². The zero-order chi connectivity index (χ0) is 22.1. The van der Waals surface area contributed by atoms with Crippen molar-refractivity contribution >= 4 is 5.84 Å². The van der Waals surface area contributed by atoms with E-state index in [1.165, 1.54) is 0 Å². The molecule has 2 heterocycles. The van der Waals surface area contributed by atoms with Crippen molar-refractivity contribution in [3.63, 3.8) is 0 Å². The number of aromatic nitrogens is 1. The first-order chi connectivity index (χ1) is 15.1. The summed E-state index contributed by atoms with van der Waals surface area (Å²) < 4.78 is 5.22. The number of amidine groups is 1. The molecule has 1 aliphatic heterocycles. The quantitative estimate of drug-likeness (QED) is 0.608. The van der Waals surface area contributed by atoms with Crippen LogP contribution in [0.3, 0.4) is 0 Å². The summed E-state index contributed by atoms with van der Waals surface area (Å²) in [7, 11) is 1.67. The van der Waals surface area contributed by atoms with E-state index in [0.29, 0.717) is 6.54 Å². The van der Waals surface area contributed by atoms with Gasteiger partial charge in [-0.2, -0.15) is 0 Å². The van der Waals surface area contributed by atoms with E-state index in [4.69, 9.17) is 9.73 Å². The molecule has 1 unspecified atom stereocenters. The summed E-state index contributed by atoms with van der Waals surface area (Å²) in [6, 6.07) is 16.3. The summed E-state index contributed by atoms with van der Waals surface area (Å²) in [6.07, 6.45) is 12.0. The average molecular weight is 415 g/mol. The summed E-state index contributed by atoms with van der Waals surface area (Å²) in [5.74, 6) is 1.63. The standard InChI is InChI=1S/C26H30N4O/c1-5-7-25(23-8-6-16-27-17-15-20(2)18-23)30-21(3)9-14-26(29-30)28-19-22-10-12-24(31-4)13-11-22/h5-18,25,27H,3,19H2,1-2,4H3,(H,28,29). The van der Waals surface area contributed by atoms with Crippen LogP contribution >= 0.6 is 0 Å². The lowest BCUT2D eigenvalue weighted by atomic mass is 10.0. The Hall–Kier alpha value is -3.73. The highest BCUT2D eigenvalue weighted by Gasteiger charge is 2.21. The van der Waals surface area contributed by atoms with Gasteiger partial charge >= 0.3 is 0 Å². The molecule has 1 aliphatic rings. The molecular formula is C26H30N4O. The van der Waals surface area contributed by atoms with Crippen molar-refractivity contribution in [1.82, 2.24) is 15.4 Å². The van der Waals surface area contributed by atoms with Crippen molar-refractivity contribution in [2.75, 3.05) is 7.11 Å². The first kappa shape index (κ1) is 22.0. The molecule has 31 heavy (non-hydrogen) atoms. The fraction of sp³-hybridized carbons (Fsp3) is 0.192. The van der Waals surface area contributed by atoms with Gasteiger partial charge in [0.25, 0.3) is 0 Å². The number of aliphatic imine (C=N–C) groups is 1. The first-order valence-corrected chi connectivity index (χ1v) is 10.3. The first-order valence-electron chi connectivity index (χ1n) is 10.3. The van der Waals surface area contributed by atoms with E-state index in [2.05, 4.69) is 54.3 Å². The van der Waals surface area contributed by atoms with Gasteiger partial charge in [-0.3, -0.25) is 15.4 Å². The Labute approximate surface area is 184 Å². The number of methoxy groups -OCH3 is 1. The molecule has 0 spiro atoms. The van der Waals surface area contributed by atoms with E-state index in [1.54, 1.807) is 7.11 Å². The SMILES string of the molecule is C=C1C=CC(=NCc2ccc(OC)cc2)NN1C(C=CC)c1ccc[nH]ccc(C)c1. The van der Waals surface area contributed by atoms with Gasteiger partial charge < -0.3 is 9.72 Å². The normalized spacial score (nSPS) is 15.6. The van der Waals surface area contributed by atoms with Gasteiger partial charge in [0.15, 0.2) is 0 Å². The number of nitrogens with zero attached hydrogens (tertiary/aromatic N) is 2. The third-order valence-electron chi connectivity index (χ3n) is 4.88. The van der Waals surface area contributed by atoms with Crippen LogP contribution < -0.4 is 10.2 Å². The van der Waals surface area contributed by atoms with Gasteiger partial charge in [0.05, 0.1) is 25.4 Å². The summed E-state index contributed by atoms with van der Waals surface area (Å²) >= 11 is 0. The number of rotatable bonds is 6. The molecule has 1 atom stereocenters. The number of aryl methyl sites for hydroxylation is 1. The van der Waals surface area contributed by atoms with Crippen molar-refractivity contribution in [3.8, 4) is 5.75 Å². The van der Waals surface area contributed by atoms with E-state index in [-0.39, 0.29) is 6.04 Å². The number of hydrogen-bond donors (Lipinski definition) is 2. The molecule has 2 N–H and O–H groups in total.